The molecule has 1 N–H and O–H groups in total. The predicted molar refractivity (Wildman–Crippen MR) is 126 cm³/mol. The summed E-state index contributed by atoms with van der Waals surface area (Å²) in [5.41, 5.74) is 6.94. The van der Waals surface area contributed by atoms with E-state index in [1.54, 1.807) is 6.21 Å². The Kier molecular flexibility index (Phi) is 6.81. The molecule has 7 heteroatoms. The van der Waals surface area contributed by atoms with Crippen LogP contribution in [0.25, 0.3) is 5.69 Å². The third kappa shape index (κ3) is 5.29. The van der Waals surface area contributed by atoms with Gasteiger partial charge in [0.05, 0.1) is 16.5 Å². The Balaban J connectivity index is 1.27. The van der Waals surface area contributed by atoms with Gasteiger partial charge in [-0.05, 0) is 48.9 Å². The van der Waals surface area contributed by atoms with Gasteiger partial charge in [0.1, 0.15) is 5.75 Å². The van der Waals surface area contributed by atoms with Crippen molar-refractivity contribution >= 4 is 35.6 Å². The first-order valence-electron chi connectivity index (χ1n) is 9.71. The Morgan fingerprint density at radius 1 is 1.13 bits per heavy atom. The standard InChI is InChI=1S/C23H23N3O2S2/c1-17-4-8-19(9-5-17)26-12-2-3-20(26)15-24-25-22(27)16-28-21-10-6-18(7-11-21)23-29-13-14-30-23/h2-12,15,23H,13-14,16H2,1H3,(H,25,27)/b24-15-. The maximum atomic E-state index is 12.0. The minimum atomic E-state index is -0.300. The van der Waals surface area contributed by atoms with E-state index in [4.69, 9.17) is 4.74 Å². The van der Waals surface area contributed by atoms with Crippen LogP contribution in [0.15, 0.2) is 72.0 Å². The van der Waals surface area contributed by atoms with Gasteiger partial charge in [0.15, 0.2) is 6.61 Å². The second-order valence-electron chi connectivity index (χ2n) is 6.86. The van der Waals surface area contributed by atoms with Crippen molar-refractivity contribution in [1.29, 1.82) is 0 Å². The van der Waals surface area contributed by atoms with Gasteiger partial charge in [-0.1, -0.05) is 29.8 Å². The zero-order valence-corrected chi connectivity index (χ0v) is 18.3. The molecule has 1 aliphatic rings. The normalized spacial score (nSPS) is 14.3. The average molecular weight is 438 g/mol. The number of rotatable bonds is 7. The Morgan fingerprint density at radius 2 is 1.87 bits per heavy atom. The number of hydrogen-bond acceptors (Lipinski definition) is 5. The largest absolute Gasteiger partial charge is 0.484 e. The number of aromatic nitrogens is 1. The number of benzene rings is 2. The van der Waals surface area contributed by atoms with Crippen LogP contribution < -0.4 is 10.2 Å². The summed E-state index contributed by atoms with van der Waals surface area (Å²) in [6, 6.07) is 20.1. The minimum absolute atomic E-state index is 0.0808. The lowest BCUT2D eigenvalue weighted by Gasteiger charge is -2.10. The van der Waals surface area contributed by atoms with E-state index in [-0.39, 0.29) is 12.5 Å². The van der Waals surface area contributed by atoms with Crippen LogP contribution in [0.2, 0.25) is 0 Å². The van der Waals surface area contributed by atoms with Crippen molar-refractivity contribution in [3.63, 3.8) is 0 Å². The number of thioether (sulfide) groups is 2. The lowest BCUT2D eigenvalue weighted by atomic mass is 10.2. The van der Waals surface area contributed by atoms with Crippen molar-refractivity contribution in [2.45, 2.75) is 11.5 Å². The summed E-state index contributed by atoms with van der Waals surface area (Å²) in [6.07, 6.45) is 3.59. The molecule has 1 aliphatic heterocycles. The SMILES string of the molecule is Cc1ccc(-n2cccc2/C=N\NC(=O)COc2ccc(C3SCCS3)cc2)cc1. The van der Waals surface area contributed by atoms with Crippen LogP contribution in [0.3, 0.4) is 0 Å². The Morgan fingerprint density at radius 3 is 2.60 bits per heavy atom. The average Bonchev–Trinajstić information content (AvgIpc) is 3.46. The summed E-state index contributed by atoms with van der Waals surface area (Å²) in [5, 5.41) is 4.07. The van der Waals surface area contributed by atoms with Gasteiger partial charge < -0.3 is 9.30 Å². The number of hydrogen-bond donors (Lipinski definition) is 1. The molecule has 0 bridgehead atoms. The number of carbonyl (C=O) groups is 1. The number of hydrazone groups is 1. The highest BCUT2D eigenvalue weighted by Crippen LogP contribution is 2.45. The highest BCUT2D eigenvalue weighted by Gasteiger charge is 2.17. The van der Waals surface area contributed by atoms with E-state index in [2.05, 4.69) is 53.8 Å². The zero-order valence-electron chi connectivity index (χ0n) is 16.7. The quantitative estimate of drug-likeness (QED) is 0.426. The fourth-order valence-corrected chi connectivity index (χ4v) is 5.92. The molecule has 1 amide bonds. The van der Waals surface area contributed by atoms with Gasteiger partial charge in [0.25, 0.3) is 5.91 Å². The number of carbonyl (C=O) groups excluding carboxylic acids is 1. The molecule has 0 aliphatic carbocycles. The van der Waals surface area contributed by atoms with Crippen molar-refractivity contribution in [2.75, 3.05) is 18.1 Å². The van der Waals surface area contributed by atoms with Crippen molar-refractivity contribution in [3.8, 4) is 11.4 Å². The van der Waals surface area contributed by atoms with Crippen LogP contribution >= 0.6 is 23.5 Å². The Bertz CT molecular complexity index is 1010. The van der Waals surface area contributed by atoms with Crippen molar-refractivity contribution in [3.05, 3.63) is 83.7 Å². The van der Waals surface area contributed by atoms with Gasteiger partial charge in [-0.3, -0.25) is 4.79 Å². The number of amides is 1. The van der Waals surface area contributed by atoms with Gasteiger partial charge >= 0.3 is 0 Å². The van der Waals surface area contributed by atoms with E-state index >= 15 is 0 Å². The van der Waals surface area contributed by atoms with Crippen LogP contribution in [0, 0.1) is 6.92 Å². The van der Waals surface area contributed by atoms with E-state index < -0.39 is 0 Å². The predicted octanol–water partition coefficient (Wildman–Crippen LogP) is 4.79. The highest BCUT2D eigenvalue weighted by molar-refractivity contribution is 8.19. The van der Waals surface area contributed by atoms with E-state index in [1.165, 1.54) is 22.6 Å². The smallest absolute Gasteiger partial charge is 0.277 e. The molecule has 154 valence electrons. The second-order valence-corrected chi connectivity index (χ2v) is 9.59. The zero-order chi connectivity index (χ0) is 20.8. The summed E-state index contributed by atoms with van der Waals surface area (Å²) >= 11 is 3.94. The molecule has 0 unspecified atom stereocenters. The fraction of sp³-hybridized carbons (Fsp3) is 0.217. The molecular weight excluding hydrogens is 414 g/mol. The third-order valence-electron chi connectivity index (χ3n) is 4.62. The molecule has 2 aromatic carbocycles. The fourth-order valence-electron chi connectivity index (χ4n) is 3.06. The van der Waals surface area contributed by atoms with E-state index in [9.17, 15) is 4.79 Å². The lowest BCUT2D eigenvalue weighted by Crippen LogP contribution is -2.24. The number of ether oxygens (including phenoxy) is 1. The van der Waals surface area contributed by atoms with E-state index in [1.807, 2.05) is 58.6 Å². The monoisotopic (exact) mass is 437 g/mol. The highest BCUT2D eigenvalue weighted by atomic mass is 32.2. The first-order chi connectivity index (χ1) is 14.7. The minimum Gasteiger partial charge on any atom is -0.484 e. The maximum absolute atomic E-state index is 12.0. The molecule has 0 saturated carbocycles. The Labute approximate surface area is 184 Å². The molecule has 5 nitrogen and oxygen atoms in total. The molecule has 30 heavy (non-hydrogen) atoms. The molecule has 0 radical (unpaired) electrons. The van der Waals surface area contributed by atoms with Gasteiger partial charge in [0.2, 0.25) is 0 Å². The van der Waals surface area contributed by atoms with Crippen LogP contribution in [0.5, 0.6) is 5.75 Å². The number of nitrogens with zero attached hydrogens (tertiary/aromatic N) is 2. The van der Waals surface area contributed by atoms with Gasteiger partial charge in [-0.25, -0.2) is 5.43 Å². The van der Waals surface area contributed by atoms with E-state index in [0.717, 1.165) is 11.4 Å². The van der Waals surface area contributed by atoms with Crippen LogP contribution in [-0.4, -0.2) is 34.8 Å². The topological polar surface area (TPSA) is 55.6 Å². The second kappa shape index (κ2) is 9.91. The van der Waals surface area contributed by atoms with Crippen molar-refractivity contribution in [2.24, 2.45) is 5.10 Å². The van der Waals surface area contributed by atoms with Gasteiger partial charge in [-0.15, -0.1) is 23.5 Å². The summed E-state index contributed by atoms with van der Waals surface area (Å²) in [4.78, 5) is 12.0. The molecule has 0 spiro atoms. The molecule has 2 heterocycles. The van der Waals surface area contributed by atoms with Crippen LogP contribution in [-0.2, 0) is 4.79 Å². The first kappa shape index (κ1) is 20.6. The molecule has 0 atom stereocenters. The maximum Gasteiger partial charge on any atom is 0.277 e. The van der Waals surface area contributed by atoms with Gasteiger partial charge in [-0.2, -0.15) is 5.10 Å². The number of aryl methyl sites for hydroxylation is 1. The molecule has 1 fully saturated rings. The number of nitrogens with one attached hydrogen (secondary N) is 1. The van der Waals surface area contributed by atoms with Crippen LogP contribution in [0.4, 0.5) is 0 Å². The molecule has 4 rings (SSSR count). The summed E-state index contributed by atoms with van der Waals surface area (Å²) in [6.45, 7) is 1.98. The molecule has 3 aromatic rings. The third-order valence-corrected chi connectivity index (χ3v) is 7.73. The van der Waals surface area contributed by atoms with Gasteiger partial charge in [0, 0.05) is 23.4 Å². The van der Waals surface area contributed by atoms with E-state index in [0.29, 0.717) is 10.3 Å². The van der Waals surface area contributed by atoms with Crippen molar-refractivity contribution in [1.82, 2.24) is 9.99 Å². The Hall–Kier alpha value is -2.64. The molecule has 1 aromatic heterocycles. The summed E-state index contributed by atoms with van der Waals surface area (Å²) in [5.74, 6) is 2.78. The van der Waals surface area contributed by atoms with Crippen LogP contribution in [0.1, 0.15) is 21.4 Å². The first-order valence-corrected chi connectivity index (χ1v) is 11.8. The summed E-state index contributed by atoms with van der Waals surface area (Å²) < 4.78 is 8.09. The molecular formula is C23H23N3O2S2. The lowest BCUT2D eigenvalue weighted by molar-refractivity contribution is -0.123. The van der Waals surface area contributed by atoms with Crippen molar-refractivity contribution < 1.29 is 9.53 Å². The summed E-state index contributed by atoms with van der Waals surface area (Å²) in [7, 11) is 0. The molecule has 1 saturated heterocycles.